The Kier molecular flexibility index (Phi) is 13.1. The highest BCUT2D eigenvalue weighted by Crippen LogP contribution is 2.56. The number of rotatable bonds is 14. The van der Waals surface area contributed by atoms with Gasteiger partial charge < -0.3 is 28.4 Å². The monoisotopic (exact) mass is 808 g/mol. The van der Waals surface area contributed by atoms with E-state index in [1.807, 2.05) is 0 Å². The molecule has 4 aromatic carbocycles. The van der Waals surface area contributed by atoms with Crippen molar-refractivity contribution in [2.24, 2.45) is 0 Å². The lowest BCUT2D eigenvalue weighted by atomic mass is 9.73. The van der Waals surface area contributed by atoms with Crippen LogP contribution in [0.1, 0.15) is 45.7 Å². The molecule has 0 atom stereocenters. The molecule has 0 amide bonds. The molecule has 0 saturated heterocycles. The number of esters is 4. The number of halogens is 8. The molecule has 0 aliphatic carbocycles. The Morgan fingerprint density at radius 2 is 0.842 bits per heavy atom. The van der Waals surface area contributed by atoms with Gasteiger partial charge in [0.05, 0.1) is 11.1 Å². The molecule has 18 heteroatoms. The van der Waals surface area contributed by atoms with E-state index in [0.29, 0.717) is 48.5 Å². The molecule has 0 unspecified atom stereocenters. The predicted octanol–water partition coefficient (Wildman–Crippen LogP) is 8.73. The van der Waals surface area contributed by atoms with Crippen molar-refractivity contribution in [3.05, 3.63) is 143 Å². The topological polar surface area (TPSA) is 124 Å². The van der Waals surface area contributed by atoms with Gasteiger partial charge in [-0.25, -0.2) is 28.0 Å². The minimum absolute atomic E-state index is 0.0729. The molecule has 0 aliphatic rings. The Morgan fingerprint density at radius 3 is 1.12 bits per heavy atom. The summed E-state index contributed by atoms with van der Waals surface area (Å²) in [6, 6.07) is 9.73. The van der Waals surface area contributed by atoms with Gasteiger partial charge in [-0.15, -0.1) is 0 Å². The number of hydrogen-bond donors (Lipinski definition) is 0. The molecule has 0 N–H and O–H groups in total. The van der Waals surface area contributed by atoms with E-state index in [1.54, 1.807) is 0 Å². The molecule has 57 heavy (non-hydrogen) atoms. The van der Waals surface area contributed by atoms with Crippen LogP contribution in [-0.4, -0.2) is 49.8 Å². The highest BCUT2D eigenvalue weighted by atomic mass is 19.4. The van der Waals surface area contributed by atoms with Crippen LogP contribution in [0.25, 0.3) is 0 Å². The number of carbonyl (C=O) groups is 4. The molecule has 4 rings (SSSR count). The fourth-order valence-corrected chi connectivity index (χ4v) is 4.90. The summed E-state index contributed by atoms with van der Waals surface area (Å²) in [5.74, 6) is -8.10. The first-order valence-corrected chi connectivity index (χ1v) is 15.9. The largest absolute Gasteiger partial charge is 0.457 e. The molecular formula is C39H28F8O10. The molecule has 0 bridgehead atoms. The summed E-state index contributed by atoms with van der Waals surface area (Å²) in [6.45, 7) is 8.26. The SMILES string of the molecule is C=C(C)C(=O)OCOc1ccc(C(=O)Oc2ccc(C(c3ccc(OC(=O)c4ccc(OCOC(=O)C(=C)C)cc4F)cc3)(C(F)(F)F)C(F)(F)F)cc2)c(F)c1. The van der Waals surface area contributed by atoms with Crippen LogP contribution in [-0.2, 0) is 24.5 Å². The molecule has 0 aromatic heterocycles. The highest BCUT2D eigenvalue weighted by molar-refractivity contribution is 5.92. The van der Waals surface area contributed by atoms with Gasteiger partial charge in [0.2, 0.25) is 19.0 Å². The smallest absolute Gasteiger partial charge is 0.411 e. The fraction of sp³-hybridized carbons (Fsp3) is 0.179. The molecule has 0 radical (unpaired) electrons. The maximum Gasteiger partial charge on any atom is 0.411 e. The summed E-state index contributed by atoms with van der Waals surface area (Å²) in [7, 11) is 0. The van der Waals surface area contributed by atoms with Crippen molar-refractivity contribution in [2.45, 2.75) is 31.6 Å². The van der Waals surface area contributed by atoms with Gasteiger partial charge in [0.15, 0.2) is 0 Å². The lowest BCUT2D eigenvalue weighted by Crippen LogP contribution is -2.54. The first kappa shape index (κ1) is 43.0. The van der Waals surface area contributed by atoms with Crippen LogP contribution in [0, 0.1) is 11.6 Å². The third-order valence-corrected chi connectivity index (χ3v) is 7.70. The second-order valence-electron chi connectivity index (χ2n) is 11.8. The first-order chi connectivity index (χ1) is 26.6. The molecule has 0 fully saturated rings. The minimum Gasteiger partial charge on any atom is -0.457 e. The van der Waals surface area contributed by atoms with E-state index in [0.717, 1.165) is 36.4 Å². The van der Waals surface area contributed by atoms with Crippen LogP contribution in [0.15, 0.2) is 109 Å². The Labute approximate surface area is 317 Å². The average molecular weight is 809 g/mol. The normalized spacial score (nSPS) is 11.5. The zero-order valence-corrected chi connectivity index (χ0v) is 29.5. The summed E-state index contributed by atoms with van der Waals surface area (Å²) in [4.78, 5) is 48.1. The number of alkyl halides is 6. The van der Waals surface area contributed by atoms with Crippen LogP contribution < -0.4 is 18.9 Å². The second kappa shape index (κ2) is 17.4. The molecule has 300 valence electrons. The van der Waals surface area contributed by atoms with E-state index in [2.05, 4.69) is 13.2 Å². The average Bonchev–Trinajstić information content (AvgIpc) is 3.12. The number of hydrogen-bond acceptors (Lipinski definition) is 10. The van der Waals surface area contributed by atoms with Gasteiger partial charge in [0.25, 0.3) is 0 Å². The number of benzene rings is 4. The molecular weight excluding hydrogens is 780 g/mol. The van der Waals surface area contributed by atoms with Crippen molar-refractivity contribution in [2.75, 3.05) is 13.6 Å². The summed E-state index contributed by atoms with van der Waals surface area (Å²) in [5, 5.41) is 0. The Balaban J connectivity index is 1.51. The molecule has 0 spiro atoms. The van der Waals surface area contributed by atoms with Crippen molar-refractivity contribution >= 4 is 23.9 Å². The van der Waals surface area contributed by atoms with Crippen LogP contribution >= 0.6 is 0 Å². The molecule has 0 saturated carbocycles. The van der Waals surface area contributed by atoms with E-state index >= 15 is 0 Å². The fourth-order valence-electron chi connectivity index (χ4n) is 4.90. The van der Waals surface area contributed by atoms with Gasteiger partial charge in [-0.1, -0.05) is 37.4 Å². The van der Waals surface area contributed by atoms with E-state index in [9.17, 15) is 54.3 Å². The maximum atomic E-state index is 14.7. The first-order valence-electron chi connectivity index (χ1n) is 15.9. The second-order valence-corrected chi connectivity index (χ2v) is 11.8. The van der Waals surface area contributed by atoms with Crippen molar-refractivity contribution in [3.8, 4) is 23.0 Å². The van der Waals surface area contributed by atoms with Gasteiger partial charge in [-0.2, -0.15) is 26.3 Å². The Bertz CT molecular complexity index is 2020. The van der Waals surface area contributed by atoms with Crippen molar-refractivity contribution in [1.82, 2.24) is 0 Å². The van der Waals surface area contributed by atoms with Gasteiger partial charge in [-0.05, 0) is 73.5 Å². The lowest BCUT2D eigenvalue weighted by molar-refractivity contribution is -0.288. The van der Waals surface area contributed by atoms with Crippen molar-refractivity contribution < 1.29 is 82.7 Å². The number of ether oxygens (including phenoxy) is 6. The van der Waals surface area contributed by atoms with E-state index in [-0.39, 0.29) is 22.6 Å². The van der Waals surface area contributed by atoms with Gasteiger partial charge in [0.1, 0.15) is 34.6 Å². The number of carbonyl (C=O) groups excluding carboxylic acids is 4. The van der Waals surface area contributed by atoms with Crippen LogP contribution in [0.4, 0.5) is 35.1 Å². The van der Waals surface area contributed by atoms with Gasteiger partial charge in [-0.3, -0.25) is 0 Å². The van der Waals surface area contributed by atoms with Crippen LogP contribution in [0.3, 0.4) is 0 Å². The van der Waals surface area contributed by atoms with Crippen molar-refractivity contribution in [1.29, 1.82) is 0 Å². The van der Waals surface area contributed by atoms with E-state index in [1.165, 1.54) is 13.8 Å². The van der Waals surface area contributed by atoms with E-state index in [4.69, 9.17) is 28.4 Å². The Morgan fingerprint density at radius 1 is 0.526 bits per heavy atom. The zero-order valence-electron chi connectivity index (χ0n) is 29.5. The zero-order chi connectivity index (χ0) is 42.3. The third-order valence-electron chi connectivity index (χ3n) is 7.70. The van der Waals surface area contributed by atoms with Gasteiger partial charge >= 0.3 is 36.2 Å². The molecule has 10 nitrogen and oxygen atoms in total. The lowest BCUT2D eigenvalue weighted by Gasteiger charge is -2.38. The summed E-state index contributed by atoms with van der Waals surface area (Å²) < 4.78 is 147. The van der Waals surface area contributed by atoms with E-state index < -0.39 is 101 Å². The predicted molar refractivity (Wildman–Crippen MR) is 181 cm³/mol. The summed E-state index contributed by atoms with van der Waals surface area (Å²) in [6.07, 6.45) is -12.1. The van der Waals surface area contributed by atoms with Crippen LogP contribution in [0.5, 0.6) is 23.0 Å². The summed E-state index contributed by atoms with van der Waals surface area (Å²) in [5.41, 5.74) is -8.60. The third kappa shape index (κ3) is 9.94. The molecule has 0 aliphatic heterocycles. The minimum atomic E-state index is -6.03. The quantitative estimate of drug-likeness (QED) is 0.0402. The highest BCUT2D eigenvalue weighted by Gasteiger charge is 2.72. The molecule has 4 aromatic rings. The molecule has 0 heterocycles. The van der Waals surface area contributed by atoms with Gasteiger partial charge in [0, 0.05) is 23.3 Å². The summed E-state index contributed by atoms with van der Waals surface area (Å²) >= 11 is 0. The van der Waals surface area contributed by atoms with Crippen molar-refractivity contribution in [3.63, 3.8) is 0 Å². The maximum absolute atomic E-state index is 14.7. The Hall–Kier alpha value is -6.72. The standard InChI is InChI=1S/C39H28F8O10/c1-21(2)33(48)54-19-52-27-13-15-29(31(40)17-27)35(50)56-25-9-5-23(6-10-25)37(38(42,43)44,39(45,46)47)24-7-11-26(12-8-24)57-36(51)30-16-14-28(18-32(30)41)53-20-55-34(49)22(3)4/h5-18H,1,3,19-20H2,2,4H3. The van der Waals surface area contributed by atoms with Crippen LogP contribution in [0.2, 0.25) is 0 Å².